The molecule has 0 fully saturated rings. The number of allylic oxidation sites excluding steroid dienone is 1. The zero-order valence-electron chi connectivity index (χ0n) is 19.8. The molecule has 6 rings (SSSR count). The number of benzene rings is 3. The third kappa shape index (κ3) is 3.92. The number of hydrogen-bond acceptors (Lipinski definition) is 3. The van der Waals surface area contributed by atoms with E-state index in [-0.39, 0.29) is 5.82 Å². The zero-order chi connectivity index (χ0) is 24.6. The Bertz CT molecular complexity index is 1740. The molecule has 0 saturated carbocycles. The van der Waals surface area contributed by atoms with Crippen LogP contribution in [-0.4, -0.2) is 20.2 Å². The summed E-state index contributed by atoms with van der Waals surface area (Å²) in [6, 6.07) is 23.1. The minimum absolute atomic E-state index is 0.251. The Morgan fingerprint density at radius 3 is 2.64 bits per heavy atom. The van der Waals surface area contributed by atoms with Crippen molar-refractivity contribution in [1.82, 2.24) is 20.2 Å². The first-order valence-electron chi connectivity index (χ1n) is 11.9. The van der Waals surface area contributed by atoms with E-state index in [1.165, 1.54) is 6.07 Å². The molecule has 0 amide bonds. The molecular weight excluding hydrogens is 449 g/mol. The predicted molar refractivity (Wildman–Crippen MR) is 145 cm³/mol. The second-order valence-corrected chi connectivity index (χ2v) is 8.84. The first-order valence-corrected chi connectivity index (χ1v) is 11.9. The molecule has 0 spiro atoms. The van der Waals surface area contributed by atoms with Crippen molar-refractivity contribution in [2.75, 3.05) is 5.32 Å². The molecule has 6 aromatic rings. The minimum atomic E-state index is -0.251. The first kappa shape index (κ1) is 21.8. The molecule has 3 aromatic heterocycles. The summed E-state index contributed by atoms with van der Waals surface area (Å²) in [5.41, 5.74) is 9.34. The Balaban J connectivity index is 1.43. The normalized spacial score (nSPS) is 11.3. The van der Waals surface area contributed by atoms with Gasteiger partial charge in [-0.3, -0.25) is 10.1 Å². The second-order valence-electron chi connectivity index (χ2n) is 8.84. The molecule has 36 heavy (non-hydrogen) atoms. The van der Waals surface area contributed by atoms with Gasteiger partial charge in [0.2, 0.25) is 0 Å². The van der Waals surface area contributed by atoms with Crippen LogP contribution >= 0.6 is 0 Å². The van der Waals surface area contributed by atoms with E-state index in [1.807, 2.05) is 36.5 Å². The predicted octanol–water partition coefficient (Wildman–Crippen LogP) is 7.91. The molecule has 0 atom stereocenters. The Morgan fingerprint density at radius 2 is 1.78 bits per heavy atom. The van der Waals surface area contributed by atoms with Gasteiger partial charge in [-0.1, -0.05) is 43.8 Å². The topological polar surface area (TPSA) is 69.4 Å². The van der Waals surface area contributed by atoms with Gasteiger partial charge < -0.3 is 10.3 Å². The fourth-order valence-corrected chi connectivity index (χ4v) is 4.55. The van der Waals surface area contributed by atoms with Crippen molar-refractivity contribution in [2.45, 2.75) is 13.3 Å². The van der Waals surface area contributed by atoms with Crippen LogP contribution in [0.1, 0.15) is 13.3 Å². The van der Waals surface area contributed by atoms with Crippen LogP contribution in [0.15, 0.2) is 97.5 Å². The Hall–Kier alpha value is -4.71. The molecule has 0 saturated heterocycles. The third-order valence-electron chi connectivity index (χ3n) is 6.44. The van der Waals surface area contributed by atoms with E-state index in [2.05, 4.69) is 63.3 Å². The maximum Gasteiger partial charge on any atom is 0.123 e. The van der Waals surface area contributed by atoms with E-state index in [9.17, 15) is 4.39 Å². The van der Waals surface area contributed by atoms with Gasteiger partial charge in [0.05, 0.1) is 23.1 Å². The van der Waals surface area contributed by atoms with Gasteiger partial charge in [-0.15, -0.1) is 0 Å². The lowest BCUT2D eigenvalue weighted by molar-refractivity contribution is 0.628. The number of fused-ring (bicyclic) bond motifs is 2. The summed E-state index contributed by atoms with van der Waals surface area (Å²) in [5.74, 6) is -0.251. The molecule has 0 aliphatic rings. The highest BCUT2D eigenvalue weighted by Gasteiger charge is 2.15. The fraction of sp³-hybridized carbons (Fsp3) is 0.0667. The number of anilines is 1. The average Bonchev–Trinajstić information content (AvgIpc) is 3.52. The summed E-state index contributed by atoms with van der Waals surface area (Å²) in [5, 5.41) is 13.1. The van der Waals surface area contributed by atoms with Gasteiger partial charge in [-0.2, -0.15) is 5.10 Å². The summed E-state index contributed by atoms with van der Waals surface area (Å²) < 4.78 is 13.9. The van der Waals surface area contributed by atoms with Gasteiger partial charge in [0.1, 0.15) is 11.5 Å². The average molecular weight is 474 g/mol. The molecule has 0 aliphatic heterocycles. The molecular formula is C30H24FN5. The highest BCUT2D eigenvalue weighted by Crippen LogP contribution is 2.35. The van der Waals surface area contributed by atoms with E-state index in [0.717, 1.165) is 73.3 Å². The lowest BCUT2D eigenvalue weighted by atomic mass is 10.0. The number of nitrogens with one attached hydrogen (secondary N) is 3. The number of hydrogen-bond donors (Lipinski definition) is 3. The molecule has 176 valence electrons. The van der Waals surface area contributed by atoms with Crippen molar-refractivity contribution in [3.8, 4) is 33.6 Å². The second kappa shape index (κ2) is 8.82. The summed E-state index contributed by atoms with van der Waals surface area (Å²) in [6.45, 7) is 6.09. The van der Waals surface area contributed by atoms with Crippen LogP contribution in [0, 0.1) is 5.82 Å². The molecule has 3 aromatic carbocycles. The third-order valence-corrected chi connectivity index (χ3v) is 6.44. The van der Waals surface area contributed by atoms with E-state index >= 15 is 0 Å². The maximum atomic E-state index is 13.9. The van der Waals surface area contributed by atoms with E-state index < -0.39 is 0 Å². The number of aromatic amines is 2. The lowest BCUT2D eigenvalue weighted by Crippen LogP contribution is -1.97. The van der Waals surface area contributed by atoms with E-state index in [4.69, 9.17) is 0 Å². The highest BCUT2D eigenvalue weighted by atomic mass is 19.1. The zero-order valence-corrected chi connectivity index (χ0v) is 19.8. The lowest BCUT2D eigenvalue weighted by Gasteiger charge is -2.09. The Morgan fingerprint density at radius 1 is 0.889 bits per heavy atom. The molecule has 3 heterocycles. The number of H-pyrrole nitrogens is 2. The molecule has 0 unspecified atom stereocenters. The van der Waals surface area contributed by atoms with Gasteiger partial charge in [0.15, 0.2) is 0 Å². The van der Waals surface area contributed by atoms with Crippen molar-refractivity contribution in [3.63, 3.8) is 0 Å². The highest BCUT2D eigenvalue weighted by molar-refractivity contribution is 6.01. The van der Waals surface area contributed by atoms with Crippen molar-refractivity contribution in [2.24, 2.45) is 0 Å². The van der Waals surface area contributed by atoms with Crippen LogP contribution in [0.4, 0.5) is 10.1 Å². The van der Waals surface area contributed by atoms with Crippen LogP contribution in [0.5, 0.6) is 0 Å². The fourth-order valence-electron chi connectivity index (χ4n) is 4.55. The number of nitrogens with zero attached hydrogens (tertiary/aromatic N) is 2. The van der Waals surface area contributed by atoms with Crippen LogP contribution < -0.4 is 5.32 Å². The van der Waals surface area contributed by atoms with Crippen molar-refractivity contribution in [1.29, 1.82) is 0 Å². The molecule has 0 aliphatic carbocycles. The van der Waals surface area contributed by atoms with Crippen LogP contribution in [0.3, 0.4) is 0 Å². The largest absolute Gasteiger partial charge is 0.358 e. The smallest absolute Gasteiger partial charge is 0.123 e. The minimum Gasteiger partial charge on any atom is -0.358 e. The molecule has 0 bridgehead atoms. The van der Waals surface area contributed by atoms with Gasteiger partial charge in [0.25, 0.3) is 0 Å². The van der Waals surface area contributed by atoms with Crippen molar-refractivity contribution in [3.05, 3.63) is 103 Å². The van der Waals surface area contributed by atoms with Crippen LogP contribution in [0.25, 0.3) is 55.4 Å². The molecule has 0 radical (unpaired) electrons. The SMILES string of the molecule is C=C(CC)Nc1cncc(-c2ccc3[nH]nc(-c4cc5c(-c6cccc(F)c6)cccc5[nH]4)c3c2)c1. The summed E-state index contributed by atoms with van der Waals surface area (Å²) in [4.78, 5) is 7.91. The van der Waals surface area contributed by atoms with Crippen molar-refractivity contribution >= 4 is 27.5 Å². The van der Waals surface area contributed by atoms with Gasteiger partial charge in [0, 0.05) is 33.7 Å². The van der Waals surface area contributed by atoms with Gasteiger partial charge >= 0.3 is 0 Å². The quantitative estimate of drug-likeness (QED) is 0.230. The summed E-state index contributed by atoms with van der Waals surface area (Å²) in [6.07, 6.45) is 4.50. The van der Waals surface area contributed by atoms with Crippen LogP contribution in [0.2, 0.25) is 0 Å². The number of pyridine rings is 1. The number of halogens is 1. The first-order chi connectivity index (χ1) is 17.6. The molecule has 6 heteroatoms. The Kier molecular flexibility index (Phi) is 5.34. The molecule has 5 nitrogen and oxygen atoms in total. The van der Waals surface area contributed by atoms with Gasteiger partial charge in [-0.05, 0) is 65.6 Å². The van der Waals surface area contributed by atoms with Gasteiger partial charge in [-0.25, -0.2) is 4.39 Å². The summed E-state index contributed by atoms with van der Waals surface area (Å²) >= 11 is 0. The Labute approximate surface area is 207 Å². The monoisotopic (exact) mass is 473 g/mol. The van der Waals surface area contributed by atoms with Crippen molar-refractivity contribution < 1.29 is 4.39 Å². The van der Waals surface area contributed by atoms with E-state index in [0.29, 0.717) is 0 Å². The van der Waals surface area contributed by atoms with E-state index in [1.54, 1.807) is 18.3 Å². The number of rotatable bonds is 6. The van der Waals surface area contributed by atoms with Crippen LogP contribution in [-0.2, 0) is 0 Å². The summed E-state index contributed by atoms with van der Waals surface area (Å²) in [7, 11) is 0. The number of aromatic nitrogens is 4. The molecule has 3 N–H and O–H groups in total. The standard InChI is InChI=1S/C30H24FN5/c1-3-18(2)33-23-13-21(16-32-17-23)19-10-11-28-26(14-19)30(36-35-28)29-15-25-24(8-5-9-27(25)34-29)20-6-4-7-22(31)12-20/h4-17,33-34H,2-3H2,1H3,(H,35,36). The maximum absolute atomic E-state index is 13.9.